The average molecular weight is 604 g/mol. The molecule has 3 amide bonds. The van der Waals surface area contributed by atoms with Crippen molar-refractivity contribution in [2.75, 3.05) is 33.2 Å². The molecule has 2 saturated heterocycles. The van der Waals surface area contributed by atoms with Crippen LogP contribution in [0.4, 0.5) is 5.69 Å². The van der Waals surface area contributed by atoms with Crippen LogP contribution in [0.1, 0.15) is 38.2 Å². The lowest BCUT2D eigenvalue weighted by Crippen LogP contribution is -2.57. The quantitative estimate of drug-likeness (QED) is 0.398. The van der Waals surface area contributed by atoms with Gasteiger partial charge in [0, 0.05) is 24.3 Å². The van der Waals surface area contributed by atoms with Crippen molar-refractivity contribution >= 4 is 23.4 Å². The summed E-state index contributed by atoms with van der Waals surface area (Å²) < 4.78 is 22.7. The van der Waals surface area contributed by atoms with Crippen molar-refractivity contribution in [3.05, 3.63) is 60.2 Å². The predicted octanol–water partition coefficient (Wildman–Crippen LogP) is 3.74. The molecule has 1 saturated carbocycles. The molecule has 1 spiro atoms. The van der Waals surface area contributed by atoms with Gasteiger partial charge in [0.05, 0.1) is 39.3 Å². The van der Waals surface area contributed by atoms with Crippen LogP contribution >= 0.6 is 0 Å². The van der Waals surface area contributed by atoms with Gasteiger partial charge in [-0.15, -0.1) is 0 Å². The van der Waals surface area contributed by atoms with Gasteiger partial charge < -0.3 is 34.5 Å². The predicted molar refractivity (Wildman–Crippen MR) is 164 cm³/mol. The summed E-state index contributed by atoms with van der Waals surface area (Å²) in [6.07, 6.45) is 7.72. The molecule has 0 aromatic heterocycles. The summed E-state index contributed by atoms with van der Waals surface area (Å²) in [5.41, 5.74) is 0.266. The van der Waals surface area contributed by atoms with Gasteiger partial charge in [-0.3, -0.25) is 14.4 Å². The first-order valence-electron chi connectivity index (χ1n) is 15.4. The van der Waals surface area contributed by atoms with Crippen molar-refractivity contribution in [1.82, 2.24) is 10.2 Å². The number of nitrogens with one attached hydrogen (secondary N) is 2. The van der Waals surface area contributed by atoms with Crippen LogP contribution in [0.5, 0.6) is 17.2 Å². The lowest BCUT2D eigenvalue weighted by Gasteiger charge is -2.36. The maximum atomic E-state index is 14.3. The summed E-state index contributed by atoms with van der Waals surface area (Å²) in [7, 11) is 4.72. The van der Waals surface area contributed by atoms with E-state index in [1.54, 1.807) is 50.5 Å². The summed E-state index contributed by atoms with van der Waals surface area (Å²) in [5.74, 6) is -0.261. The van der Waals surface area contributed by atoms with Gasteiger partial charge in [0.1, 0.15) is 17.4 Å². The Labute approximate surface area is 258 Å². The van der Waals surface area contributed by atoms with Crippen molar-refractivity contribution < 1.29 is 33.3 Å². The first-order valence-corrected chi connectivity index (χ1v) is 15.4. The van der Waals surface area contributed by atoms with Crippen LogP contribution in [-0.4, -0.2) is 74.3 Å². The molecule has 234 valence electrons. The molecule has 7 unspecified atom stereocenters. The Bertz CT molecular complexity index is 1460. The van der Waals surface area contributed by atoms with Crippen LogP contribution < -0.4 is 24.8 Å². The standard InChI is InChI=1S/C34H41N3O7/c1-20-8-5-6-11-24(20)36-32(39)30-34-16-14-26(44-34)28(31(38)35-22-9-7-10-23(19-22)41-2)29(34)33(40)37(30)17-15-21-12-13-25(42-3)27(18-21)43-4/h7,9-10,12-14,16,18-20,24,26,28-30H,5-6,8,11,15,17H2,1-4H3,(H,35,38)(H,36,39). The minimum atomic E-state index is -1.22. The smallest absolute Gasteiger partial charge is 0.246 e. The number of hydrogen-bond donors (Lipinski definition) is 2. The largest absolute Gasteiger partial charge is 0.497 e. The molecule has 10 nitrogen and oxygen atoms in total. The van der Waals surface area contributed by atoms with Gasteiger partial charge in [-0.2, -0.15) is 0 Å². The molecule has 3 fully saturated rings. The van der Waals surface area contributed by atoms with E-state index in [0.29, 0.717) is 35.3 Å². The third-order valence-electron chi connectivity index (χ3n) is 9.79. The second-order valence-corrected chi connectivity index (χ2v) is 12.3. The molecule has 44 heavy (non-hydrogen) atoms. The molecule has 1 aliphatic carbocycles. The zero-order valence-corrected chi connectivity index (χ0v) is 25.7. The first-order chi connectivity index (χ1) is 21.3. The Hall–Kier alpha value is -4.05. The number of carbonyl (C=O) groups is 3. The lowest BCUT2D eigenvalue weighted by molar-refractivity contribution is -0.141. The van der Waals surface area contributed by atoms with Crippen LogP contribution in [0.25, 0.3) is 0 Å². The molecule has 0 radical (unpaired) electrons. The SMILES string of the molecule is COc1cccc(NC(=O)C2C3C=CC4(O3)C2C(=O)N(CCc2ccc(OC)c(OC)c2)C4C(=O)NC2CCCCC2C)c1. The second kappa shape index (κ2) is 12.1. The van der Waals surface area contributed by atoms with E-state index in [9.17, 15) is 14.4 Å². The number of ether oxygens (including phenoxy) is 4. The summed E-state index contributed by atoms with van der Waals surface area (Å²) in [4.78, 5) is 44.0. The lowest BCUT2D eigenvalue weighted by atomic mass is 9.74. The van der Waals surface area contributed by atoms with E-state index in [0.717, 1.165) is 31.2 Å². The number of carbonyl (C=O) groups excluding carboxylic acids is 3. The maximum Gasteiger partial charge on any atom is 0.246 e. The van der Waals surface area contributed by atoms with E-state index in [1.165, 1.54) is 0 Å². The van der Waals surface area contributed by atoms with Gasteiger partial charge in [-0.25, -0.2) is 0 Å². The summed E-state index contributed by atoms with van der Waals surface area (Å²) in [6, 6.07) is 11.8. The van der Waals surface area contributed by atoms with Gasteiger partial charge >= 0.3 is 0 Å². The van der Waals surface area contributed by atoms with E-state index in [2.05, 4.69) is 17.6 Å². The van der Waals surface area contributed by atoms with Gasteiger partial charge in [0.2, 0.25) is 17.7 Å². The highest BCUT2D eigenvalue weighted by Gasteiger charge is 2.72. The third kappa shape index (κ3) is 5.19. The minimum absolute atomic E-state index is 0.0317. The number of amides is 3. The summed E-state index contributed by atoms with van der Waals surface area (Å²) in [6.45, 7) is 2.44. The second-order valence-electron chi connectivity index (χ2n) is 12.3. The molecule has 3 aliphatic heterocycles. The Morgan fingerprint density at radius 3 is 2.55 bits per heavy atom. The Morgan fingerprint density at radius 2 is 1.80 bits per heavy atom. The number of nitrogens with zero attached hydrogens (tertiary/aromatic N) is 1. The molecule has 2 N–H and O–H groups in total. The molecule has 4 aliphatic rings. The zero-order valence-electron chi connectivity index (χ0n) is 25.7. The number of methoxy groups -OCH3 is 3. The molecule has 2 aromatic rings. The minimum Gasteiger partial charge on any atom is -0.497 e. The van der Waals surface area contributed by atoms with Crippen LogP contribution in [0.3, 0.4) is 0 Å². The molecule has 10 heteroatoms. The van der Waals surface area contributed by atoms with Crippen LogP contribution in [0.2, 0.25) is 0 Å². The maximum absolute atomic E-state index is 14.3. The molecule has 7 atom stereocenters. The molecule has 2 bridgehead atoms. The van der Waals surface area contributed by atoms with Crippen molar-refractivity contribution in [2.24, 2.45) is 17.8 Å². The monoisotopic (exact) mass is 603 g/mol. The normalized spacial score (nSPS) is 30.2. The summed E-state index contributed by atoms with van der Waals surface area (Å²) >= 11 is 0. The van der Waals surface area contributed by atoms with Crippen molar-refractivity contribution in [2.45, 2.75) is 62.8 Å². The first kappa shape index (κ1) is 30.0. The Balaban J connectivity index is 1.29. The van der Waals surface area contributed by atoms with Crippen LogP contribution in [0, 0.1) is 17.8 Å². The number of anilines is 1. The molecular formula is C34H41N3O7. The highest BCUT2D eigenvalue weighted by atomic mass is 16.5. The van der Waals surface area contributed by atoms with E-state index in [1.807, 2.05) is 30.4 Å². The van der Waals surface area contributed by atoms with E-state index in [-0.39, 0.29) is 30.3 Å². The number of benzene rings is 2. The number of rotatable bonds is 10. The Kier molecular flexibility index (Phi) is 8.28. The topological polar surface area (TPSA) is 115 Å². The van der Waals surface area contributed by atoms with E-state index < -0.39 is 29.6 Å². The number of hydrogen-bond acceptors (Lipinski definition) is 7. The fourth-order valence-corrected chi connectivity index (χ4v) is 7.51. The van der Waals surface area contributed by atoms with Gasteiger partial charge in [0.15, 0.2) is 11.5 Å². The molecule has 3 heterocycles. The fourth-order valence-electron chi connectivity index (χ4n) is 7.51. The Morgan fingerprint density at radius 1 is 1.00 bits per heavy atom. The average Bonchev–Trinajstić information content (AvgIpc) is 3.68. The highest BCUT2D eigenvalue weighted by Crippen LogP contribution is 2.55. The van der Waals surface area contributed by atoms with Crippen molar-refractivity contribution in [3.8, 4) is 17.2 Å². The number of fused-ring (bicyclic) bond motifs is 1. The third-order valence-corrected chi connectivity index (χ3v) is 9.79. The van der Waals surface area contributed by atoms with Crippen LogP contribution in [-0.2, 0) is 25.5 Å². The van der Waals surface area contributed by atoms with Crippen molar-refractivity contribution in [1.29, 1.82) is 0 Å². The van der Waals surface area contributed by atoms with Gasteiger partial charge in [-0.1, -0.05) is 44.1 Å². The zero-order chi connectivity index (χ0) is 31.0. The highest BCUT2D eigenvalue weighted by molar-refractivity contribution is 6.02. The van der Waals surface area contributed by atoms with Gasteiger partial charge in [-0.05, 0) is 55.0 Å². The summed E-state index contributed by atoms with van der Waals surface area (Å²) in [5, 5.41) is 6.24. The van der Waals surface area contributed by atoms with E-state index >= 15 is 0 Å². The fraction of sp³-hybridized carbons (Fsp3) is 0.500. The van der Waals surface area contributed by atoms with Crippen molar-refractivity contribution in [3.63, 3.8) is 0 Å². The van der Waals surface area contributed by atoms with Gasteiger partial charge in [0.25, 0.3) is 0 Å². The molecule has 2 aromatic carbocycles. The number of likely N-dealkylation sites (tertiary alicyclic amines) is 1. The van der Waals surface area contributed by atoms with E-state index in [4.69, 9.17) is 18.9 Å². The molecule has 6 rings (SSSR count). The van der Waals surface area contributed by atoms with Crippen LogP contribution in [0.15, 0.2) is 54.6 Å². The molecular weight excluding hydrogens is 562 g/mol.